The van der Waals surface area contributed by atoms with Gasteiger partial charge < -0.3 is 24.6 Å². The number of halogens is 1. The lowest BCUT2D eigenvalue weighted by molar-refractivity contribution is -0.137. The summed E-state index contributed by atoms with van der Waals surface area (Å²) in [4.78, 5) is 33.4. The smallest absolute Gasteiger partial charge is 0.408 e. The first-order valence-electron chi connectivity index (χ1n) is 15.6. The topological polar surface area (TPSA) is 74.3 Å². The molecule has 5 rings (SSSR count). The molecule has 0 aromatic heterocycles. The standard InChI is InChI=1S/C35H43FN4O4/c1-43-32-14-8-6-12-30(32)25-39-21-23-40(24-22-39)34(41)33(37-35(42)44-26-27-9-3-2-4-10-27)29-16-19-38(20-17-29)18-15-28-11-5-7-13-31(28)36/h2-14,29,33H,15-26H2,1H3,(H,37,42)/t33-/m1/s1. The Morgan fingerprint density at radius 1 is 0.841 bits per heavy atom. The van der Waals surface area contributed by atoms with Crippen LogP contribution in [-0.2, 0) is 29.1 Å². The van der Waals surface area contributed by atoms with E-state index in [0.29, 0.717) is 19.5 Å². The third-order valence-corrected chi connectivity index (χ3v) is 8.78. The van der Waals surface area contributed by atoms with Gasteiger partial charge in [-0.05, 0) is 61.5 Å². The van der Waals surface area contributed by atoms with E-state index in [1.165, 1.54) is 6.07 Å². The van der Waals surface area contributed by atoms with E-state index in [-0.39, 0.29) is 24.2 Å². The summed E-state index contributed by atoms with van der Waals surface area (Å²) in [5, 5.41) is 2.95. The highest BCUT2D eigenvalue weighted by atomic mass is 19.1. The first-order chi connectivity index (χ1) is 21.5. The Hall–Kier alpha value is -3.95. The maximum absolute atomic E-state index is 14.1. The number of rotatable bonds is 11. The first kappa shape index (κ1) is 31.5. The number of benzene rings is 3. The number of piperidine rings is 1. The van der Waals surface area contributed by atoms with Crippen molar-refractivity contribution in [2.24, 2.45) is 5.92 Å². The van der Waals surface area contributed by atoms with Gasteiger partial charge in [-0.1, -0.05) is 66.7 Å². The normalized spacial score (nSPS) is 17.2. The largest absolute Gasteiger partial charge is 0.496 e. The molecular weight excluding hydrogens is 559 g/mol. The van der Waals surface area contributed by atoms with Crippen molar-refractivity contribution in [1.82, 2.24) is 20.0 Å². The number of carbonyl (C=O) groups is 2. The van der Waals surface area contributed by atoms with Crippen LogP contribution < -0.4 is 10.1 Å². The van der Waals surface area contributed by atoms with Crippen LogP contribution in [0.3, 0.4) is 0 Å². The Bertz CT molecular complexity index is 1360. The molecule has 3 aromatic carbocycles. The number of para-hydroxylation sites is 1. The molecule has 1 N–H and O–H groups in total. The Balaban J connectivity index is 1.18. The van der Waals surface area contributed by atoms with Crippen molar-refractivity contribution in [2.45, 2.75) is 38.5 Å². The summed E-state index contributed by atoms with van der Waals surface area (Å²) in [6, 6.07) is 23.8. The zero-order valence-electron chi connectivity index (χ0n) is 25.5. The lowest BCUT2D eigenvalue weighted by Crippen LogP contribution is -2.58. The highest BCUT2D eigenvalue weighted by Crippen LogP contribution is 2.25. The van der Waals surface area contributed by atoms with Crippen LogP contribution in [0.25, 0.3) is 0 Å². The van der Waals surface area contributed by atoms with Crippen LogP contribution in [0.5, 0.6) is 5.75 Å². The molecule has 8 nitrogen and oxygen atoms in total. The first-order valence-corrected chi connectivity index (χ1v) is 15.6. The number of methoxy groups -OCH3 is 1. The molecular formula is C35H43FN4O4. The second-order valence-electron chi connectivity index (χ2n) is 11.6. The van der Waals surface area contributed by atoms with Gasteiger partial charge in [0.15, 0.2) is 0 Å². The number of likely N-dealkylation sites (tertiary alicyclic amines) is 1. The molecule has 3 aromatic rings. The summed E-state index contributed by atoms with van der Waals surface area (Å²) >= 11 is 0. The molecule has 1 atom stereocenters. The SMILES string of the molecule is COc1ccccc1CN1CCN(C(=O)[C@H](NC(=O)OCc2ccccc2)C2CCN(CCc3ccccc3F)CC2)CC1. The van der Waals surface area contributed by atoms with Gasteiger partial charge in [0.2, 0.25) is 5.91 Å². The Labute approximate surface area is 259 Å². The van der Waals surface area contributed by atoms with Gasteiger partial charge in [0.25, 0.3) is 0 Å². The van der Waals surface area contributed by atoms with Crippen LogP contribution in [0.15, 0.2) is 78.9 Å². The van der Waals surface area contributed by atoms with Gasteiger partial charge in [0.05, 0.1) is 7.11 Å². The molecule has 9 heteroatoms. The number of hydrogen-bond donors (Lipinski definition) is 1. The highest BCUT2D eigenvalue weighted by Gasteiger charge is 2.36. The van der Waals surface area contributed by atoms with Crippen LogP contribution in [0.4, 0.5) is 9.18 Å². The van der Waals surface area contributed by atoms with Crippen LogP contribution in [0.2, 0.25) is 0 Å². The fourth-order valence-electron chi connectivity index (χ4n) is 6.16. The van der Waals surface area contributed by atoms with Gasteiger partial charge in [-0.3, -0.25) is 9.69 Å². The van der Waals surface area contributed by atoms with Crippen molar-refractivity contribution in [2.75, 3.05) is 52.9 Å². The minimum Gasteiger partial charge on any atom is -0.496 e. The van der Waals surface area contributed by atoms with Crippen molar-refractivity contribution in [3.8, 4) is 5.75 Å². The maximum atomic E-state index is 14.1. The predicted molar refractivity (Wildman–Crippen MR) is 168 cm³/mol. The van der Waals surface area contributed by atoms with E-state index in [1.54, 1.807) is 13.2 Å². The van der Waals surface area contributed by atoms with Gasteiger partial charge in [-0.25, -0.2) is 9.18 Å². The number of alkyl carbamates (subject to hydrolysis) is 1. The Morgan fingerprint density at radius 3 is 2.20 bits per heavy atom. The van der Waals surface area contributed by atoms with Gasteiger partial charge in [-0.2, -0.15) is 0 Å². The van der Waals surface area contributed by atoms with E-state index in [4.69, 9.17) is 9.47 Å². The molecule has 44 heavy (non-hydrogen) atoms. The number of ether oxygens (including phenoxy) is 2. The van der Waals surface area contributed by atoms with Gasteiger partial charge in [0.1, 0.15) is 24.2 Å². The lowest BCUT2D eigenvalue weighted by Gasteiger charge is -2.40. The fourth-order valence-corrected chi connectivity index (χ4v) is 6.16. The third-order valence-electron chi connectivity index (χ3n) is 8.78. The summed E-state index contributed by atoms with van der Waals surface area (Å²) in [5.41, 5.74) is 2.73. The number of nitrogens with one attached hydrogen (secondary N) is 1. The average molecular weight is 603 g/mol. The molecule has 2 aliphatic heterocycles. The fraction of sp³-hybridized carbons (Fsp3) is 0.429. The number of nitrogens with zero attached hydrogens (tertiary/aromatic N) is 3. The third kappa shape index (κ3) is 8.57. The zero-order chi connectivity index (χ0) is 30.7. The molecule has 2 fully saturated rings. The second-order valence-corrected chi connectivity index (χ2v) is 11.6. The number of piperazine rings is 1. The van der Waals surface area contributed by atoms with E-state index < -0.39 is 12.1 Å². The van der Waals surface area contributed by atoms with E-state index >= 15 is 0 Å². The van der Waals surface area contributed by atoms with Crippen LogP contribution in [-0.4, -0.2) is 85.7 Å². The molecule has 0 aliphatic carbocycles. The summed E-state index contributed by atoms with van der Waals surface area (Å²) in [6.07, 6.45) is 1.59. The van der Waals surface area contributed by atoms with Crippen molar-refractivity contribution >= 4 is 12.0 Å². The lowest BCUT2D eigenvalue weighted by atomic mass is 9.88. The summed E-state index contributed by atoms with van der Waals surface area (Å²) in [5.74, 6) is 0.630. The van der Waals surface area contributed by atoms with Crippen molar-refractivity contribution < 1.29 is 23.5 Å². The minimum atomic E-state index is -0.659. The van der Waals surface area contributed by atoms with Crippen molar-refractivity contribution in [3.05, 3.63) is 101 Å². The van der Waals surface area contributed by atoms with E-state index in [0.717, 1.165) is 74.6 Å². The summed E-state index contributed by atoms with van der Waals surface area (Å²) < 4.78 is 25.2. The van der Waals surface area contributed by atoms with Crippen molar-refractivity contribution in [1.29, 1.82) is 0 Å². The number of hydrogen-bond acceptors (Lipinski definition) is 6. The summed E-state index contributed by atoms with van der Waals surface area (Å²) in [6.45, 7) is 5.89. The van der Waals surface area contributed by atoms with Crippen LogP contribution in [0, 0.1) is 11.7 Å². The predicted octanol–water partition coefficient (Wildman–Crippen LogP) is 4.73. The van der Waals surface area contributed by atoms with Gasteiger partial charge in [0, 0.05) is 44.8 Å². The van der Waals surface area contributed by atoms with Crippen LogP contribution >= 0.6 is 0 Å². The number of amides is 2. The second kappa shape index (κ2) is 15.7. The Kier molecular flexibility index (Phi) is 11.2. The number of carbonyl (C=O) groups excluding carboxylic acids is 2. The zero-order valence-corrected chi connectivity index (χ0v) is 25.5. The molecule has 0 spiro atoms. The van der Waals surface area contributed by atoms with Crippen LogP contribution in [0.1, 0.15) is 29.5 Å². The van der Waals surface area contributed by atoms with E-state index in [1.807, 2.05) is 65.6 Å². The van der Waals surface area contributed by atoms with Gasteiger partial charge >= 0.3 is 6.09 Å². The molecule has 0 saturated carbocycles. The molecule has 2 saturated heterocycles. The molecule has 2 heterocycles. The van der Waals surface area contributed by atoms with Crippen molar-refractivity contribution in [3.63, 3.8) is 0 Å². The molecule has 2 amide bonds. The summed E-state index contributed by atoms with van der Waals surface area (Å²) in [7, 11) is 1.68. The molecule has 2 aliphatic rings. The molecule has 0 bridgehead atoms. The average Bonchev–Trinajstić information content (AvgIpc) is 3.07. The quantitative estimate of drug-likeness (QED) is 0.342. The van der Waals surface area contributed by atoms with E-state index in [2.05, 4.69) is 21.2 Å². The monoisotopic (exact) mass is 602 g/mol. The highest BCUT2D eigenvalue weighted by molar-refractivity contribution is 5.86. The van der Waals surface area contributed by atoms with E-state index in [9.17, 15) is 14.0 Å². The van der Waals surface area contributed by atoms with Gasteiger partial charge in [-0.15, -0.1) is 0 Å². The molecule has 0 unspecified atom stereocenters. The maximum Gasteiger partial charge on any atom is 0.408 e. The minimum absolute atomic E-state index is 0.0110. The molecule has 0 radical (unpaired) electrons. The molecule has 234 valence electrons. The Morgan fingerprint density at radius 2 is 1.50 bits per heavy atom.